The van der Waals surface area contributed by atoms with Crippen molar-refractivity contribution in [3.8, 4) is 0 Å². The van der Waals surface area contributed by atoms with Crippen LogP contribution in [0.1, 0.15) is 48.0 Å². The molecule has 2 aromatic carbocycles. The molecule has 0 atom stereocenters. The Labute approximate surface area is 183 Å². The Morgan fingerprint density at radius 1 is 0.903 bits per heavy atom. The molecule has 0 saturated heterocycles. The van der Waals surface area contributed by atoms with Crippen LogP contribution in [0.15, 0.2) is 48.5 Å². The van der Waals surface area contributed by atoms with Crippen LogP contribution in [0.4, 0.5) is 24.5 Å². The van der Waals surface area contributed by atoms with Gasteiger partial charge < -0.3 is 16.0 Å². The zero-order valence-corrected chi connectivity index (χ0v) is 17.4. The van der Waals surface area contributed by atoms with Crippen LogP contribution in [-0.4, -0.2) is 16.9 Å². The molecule has 164 valence electrons. The molecule has 1 fully saturated rings. The third-order valence-corrected chi connectivity index (χ3v) is 5.27. The molecule has 9 heteroatoms. The summed E-state index contributed by atoms with van der Waals surface area (Å²) in [6.45, 7) is 0. The van der Waals surface area contributed by atoms with Gasteiger partial charge in [-0.1, -0.05) is 25.3 Å². The summed E-state index contributed by atoms with van der Waals surface area (Å²) in [5.74, 6) is -0.649. The summed E-state index contributed by atoms with van der Waals surface area (Å²) >= 11 is 5.18. The molecule has 0 bridgehead atoms. The van der Waals surface area contributed by atoms with E-state index in [9.17, 15) is 22.8 Å². The second kappa shape index (κ2) is 9.91. The standard InChI is InChI=1S/C22H22F3N3O2S/c23-22(24,25)16-7-4-8-18(13-16)26-19(29)15-9-11-17(12-10-15)27-21(31)28-20(30)14-5-2-1-3-6-14/h4,7-14H,1-3,5-6H2,(H,26,29)(H2,27,28,30,31). The van der Waals surface area contributed by atoms with Gasteiger partial charge in [-0.05, 0) is 67.5 Å². The van der Waals surface area contributed by atoms with Gasteiger partial charge in [0.1, 0.15) is 0 Å². The van der Waals surface area contributed by atoms with E-state index in [4.69, 9.17) is 12.2 Å². The monoisotopic (exact) mass is 449 g/mol. The maximum Gasteiger partial charge on any atom is 0.416 e. The number of halogens is 3. The van der Waals surface area contributed by atoms with Crippen LogP contribution >= 0.6 is 12.2 Å². The average molecular weight is 449 g/mol. The number of alkyl halides is 3. The van der Waals surface area contributed by atoms with Gasteiger partial charge in [0, 0.05) is 22.9 Å². The molecule has 2 aromatic rings. The molecule has 3 rings (SSSR count). The third-order valence-electron chi connectivity index (χ3n) is 5.07. The Balaban J connectivity index is 1.55. The van der Waals surface area contributed by atoms with Gasteiger partial charge in [-0.2, -0.15) is 13.2 Å². The number of hydrogen-bond acceptors (Lipinski definition) is 3. The Morgan fingerprint density at radius 3 is 2.23 bits per heavy atom. The van der Waals surface area contributed by atoms with Crippen molar-refractivity contribution in [2.75, 3.05) is 10.6 Å². The van der Waals surface area contributed by atoms with Gasteiger partial charge in [0.05, 0.1) is 5.56 Å². The maximum absolute atomic E-state index is 12.8. The van der Waals surface area contributed by atoms with E-state index in [2.05, 4.69) is 16.0 Å². The third kappa shape index (κ3) is 6.52. The van der Waals surface area contributed by atoms with E-state index in [0.717, 1.165) is 44.2 Å². The molecule has 3 N–H and O–H groups in total. The first kappa shape index (κ1) is 22.7. The molecule has 0 radical (unpaired) electrons. The van der Waals surface area contributed by atoms with E-state index in [1.807, 2.05) is 0 Å². The number of rotatable bonds is 4. The minimum atomic E-state index is -4.49. The van der Waals surface area contributed by atoms with Gasteiger partial charge in [0.25, 0.3) is 5.91 Å². The molecule has 0 aliphatic heterocycles. The van der Waals surface area contributed by atoms with Gasteiger partial charge in [-0.25, -0.2) is 0 Å². The highest BCUT2D eigenvalue weighted by molar-refractivity contribution is 7.80. The van der Waals surface area contributed by atoms with E-state index in [-0.39, 0.29) is 28.2 Å². The normalized spacial score (nSPS) is 14.5. The van der Waals surface area contributed by atoms with E-state index in [1.165, 1.54) is 24.3 Å². The summed E-state index contributed by atoms with van der Waals surface area (Å²) in [5.41, 5.74) is 0.0481. The van der Waals surface area contributed by atoms with E-state index in [0.29, 0.717) is 5.69 Å². The van der Waals surface area contributed by atoms with Gasteiger partial charge in [-0.3, -0.25) is 9.59 Å². The summed E-state index contributed by atoms with van der Waals surface area (Å²) < 4.78 is 38.4. The Hall–Kier alpha value is -2.94. The Kier molecular flexibility index (Phi) is 7.27. The summed E-state index contributed by atoms with van der Waals surface area (Å²) in [6, 6.07) is 10.6. The van der Waals surface area contributed by atoms with Crippen LogP contribution in [0.3, 0.4) is 0 Å². The van der Waals surface area contributed by atoms with Crippen molar-refractivity contribution < 1.29 is 22.8 Å². The number of thiocarbonyl (C=S) groups is 1. The average Bonchev–Trinajstić information content (AvgIpc) is 2.74. The predicted molar refractivity (Wildman–Crippen MR) is 117 cm³/mol. The fraction of sp³-hybridized carbons (Fsp3) is 0.318. The van der Waals surface area contributed by atoms with Crippen LogP contribution in [0.5, 0.6) is 0 Å². The second-order valence-corrected chi connectivity index (χ2v) is 7.80. The van der Waals surface area contributed by atoms with Crippen LogP contribution in [0.2, 0.25) is 0 Å². The second-order valence-electron chi connectivity index (χ2n) is 7.39. The predicted octanol–water partition coefficient (Wildman–Crippen LogP) is 5.35. The molecule has 1 saturated carbocycles. The largest absolute Gasteiger partial charge is 0.416 e. The number of carbonyl (C=O) groups excluding carboxylic acids is 2. The molecule has 0 unspecified atom stereocenters. The van der Waals surface area contributed by atoms with E-state index >= 15 is 0 Å². The molecule has 0 spiro atoms. The summed E-state index contributed by atoms with van der Waals surface area (Å²) in [6.07, 6.45) is 0.484. The highest BCUT2D eigenvalue weighted by Gasteiger charge is 2.30. The minimum Gasteiger partial charge on any atom is -0.332 e. The van der Waals surface area contributed by atoms with Crippen molar-refractivity contribution in [3.63, 3.8) is 0 Å². The van der Waals surface area contributed by atoms with Crippen molar-refractivity contribution in [3.05, 3.63) is 59.7 Å². The fourth-order valence-electron chi connectivity index (χ4n) is 3.42. The Morgan fingerprint density at radius 2 is 1.58 bits per heavy atom. The van der Waals surface area contributed by atoms with Crippen molar-refractivity contribution in [1.82, 2.24) is 5.32 Å². The van der Waals surface area contributed by atoms with Crippen LogP contribution in [0, 0.1) is 5.92 Å². The first-order valence-corrected chi connectivity index (χ1v) is 10.3. The number of benzene rings is 2. The van der Waals surface area contributed by atoms with Crippen LogP contribution < -0.4 is 16.0 Å². The van der Waals surface area contributed by atoms with Gasteiger partial charge >= 0.3 is 6.18 Å². The smallest absolute Gasteiger partial charge is 0.332 e. The highest BCUT2D eigenvalue weighted by Crippen LogP contribution is 2.30. The summed E-state index contributed by atoms with van der Waals surface area (Å²) in [7, 11) is 0. The lowest BCUT2D eigenvalue weighted by molar-refractivity contribution is -0.137. The lowest BCUT2D eigenvalue weighted by atomic mass is 9.89. The highest BCUT2D eigenvalue weighted by atomic mass is 32.1. The molecule has 5 nitrogen and oxygen atoms in total. The number of nitrogens with one attached hydrogen (secondary N) is 3. The van der Waals surface area contributed by atoms with Crippen molar-refractivity contribution in [2.45, 2.75) is 38.3 Å². The van der Waals surface area contributed by atoms with Gasteiger partial charge in [-0.15, -0.1) is 0 Å². The molecule has 1 aliphatic rings. The zero-order valence-electron chi connectivity index (χ0n) is 16.6. The van der Waals surface area contributed by atoms with Gasteiger partial charge in [0.15, 0.2) is 5.11 Å². The zero-order chi connectivity index (χ0) is 22.4. The van der Waals surface area contributed by atoms with E-state index < -0.39 is 17.6 Å². The molecular weight excluding hydrogens is 427 g/mol. The number of hydrogen-bond donors (Lipinski definition) is 3. The fourth-order valence-corrected chi connectivity index (χ4v) is 3.64. The lowest BCUT2D eigenvalue weighted by Crippen LogP contribution is -2.38. The van der Waals surface area contributed by atoms with Crippen molar-refractivity contribution in [2.24, 2.45) is 5.92 Å². The molecule has 2 amide bonds. The SMILES string of the molecule is O=C(Nc1cccc(C(F)(F)F)c1)c1ccc(NC(=S)NC(=O)C2CCCCC2)cc1. The first-order chi connectivity index (χ1) is 14.7. The van der Waals surface area contributed by atoms with Gasteiger partial charge in [0.2, 0.25) is 5.91 Å². The van der Waals surface area contributed by atoms with Crippen molar-refractivity contribution in [1.29, 1.82) is 0 Å². The molecule has 31 heavy (non-hydrogen) atoms. The number of carbonyl (C=O) groups is 2. The molecule has 1 aliphatic carbocycles. The van der Waals surface area contributed by atoms with Crippen LogP contribution in [0.25, 0.3) is 0 Å². The topological polar surface area (TPSA) is 70.2 Å². The summed E-state index contributed by atoms with van der Waals surface area (Å²) in [4.78, 5) is 24.6. The quantitative estimate of drug-likeness (QED) is 0.551. The first-order valence-electron chi connectivity index (χ1n) is 9.93. The van der Waals surface area contributed by atoms with Crippen molar-refractivity contribution >= 4 is 40.5 Å². The summed E-state index contributed by atoms with van der Waals surface area (Å²) in [5, 5.41) is 8.22. The lowest BCUT2D eigenvalue weighted by Gasteiger charge is -2.21. The van der Waals surface area contributed by atoms with E-state index in [1.54, 1.807) is 12.1 Å². The molecule has 0 heterocycles. The number of amides is 2. The number of anilines is 2. The maximum atomic E-state index is 12.8. The van der Waals surface area contributed by atoms with Crippen LogP contribution in [-0.2, 0) is 11.0 Å². The minimum absolute atomic E-state index is 0.0181. The Bertz CT molecular complexity index is 955. The molecule has 0 aromatic heterocycles. The molecular formula is C22H22F3N3O2S.